The Morgan fingerprint density at radius 2 is 1.67 bits per heavy atom. The fourth-order valence-electron chi connectivity index (χ4n) is 7.51. The molecule has 49 heavy (non-hydrogen) atoms. The summed E-state index contributed by atoms with van der Waals surface area (Å²) in [5, 5.41) is 12.5. The minimum absolute atomic E-state index is 0.107. The lowest BCUT2D eigenvalue weighted by atomic mass is 9.91. The number of benzene rings is 2. The molecule has 4 heterocycles. The fourth-order valence-corrected chi connectivity index (χ4v) is 7.75. The maximum absolute atomic E-state index is 14.0. The van der Waals surface area contributed by atoms with E-state index in [1.165, 1.54) is 12.1 Å². The Labute approximate surface area is 288 Å². The number of piperazine rings is 1. The zero-order valence-electron chi connectivity index (χ0n) is 27.2. The Kier molecular flexibility index (Phi) is 10.5. The number of hydrogen-bond donors (Lipinski definition) is 3. The number of anilines is 2. The number of nitrogen functional groups attached to an aromatic ring is 1. The van der Waals surface area contributed by atoms with Crippen LogP contribution in [0.1, 0.15) is 48.8 Å². The predicted molar refractivity (Wildman–Crippen MR) is 177 cm³/mol. The molecule has 266 valence electrons. The van der Waals surface area contributed by atoms with E-state index in [-0.39, 0.29) is 53.1 Å². The summed E-state index contributed by atoms with van der Waals surface area (Å²) < 4.78 is 46.9. The quantitative estimate of drug-likeness (QED) is 0.284. The number of urea groups is 1. The number of nitrogens with one attached hydrogen (secondary N) is 1. The second kappa shape index (κ2) is 14.6. The first kappa shape index (κ1) is 35.1. The van der Waals surface area contributed by atoms with Gasteiger partial charge in [-0.3, -0.25) is 14.5 Å². The van der Waals surface area contributed by atoms with Gasteiger partial charge >= 0.3 is 12.2 Å². The average Bonchev–Trinajstić information content (AvgIpc) is 3.09. The molecule has 4 aliphatic rings. The Bertz CT molecular complexity index is 1560. The number of aromatic hydroxyl groups is 1. The maximum Gasteiger partial charge on any atom is 0.418 e. The lowest BCUT2D eigenvalue weighted by Crippen LogP contribution is -2.54. The van der Waals surface area contributed by atoms with Crippen LogP contribution in [0.2, 0.25) is 5.02 Å². The summed E-state index contributed by atoms with van der Waals surface area (Å²) in [5.41, 5.74) is 5.64. The highest BCUT2D eigenvalue weighted by atomic mass is 35.5. The molecule has 0 aliphatic carbocycles. The van der Waals surface area contributed by atoms with E-state index in [2.05, 4.69) is 10.2 Å². The average molecular weight is 707 g/mol. The van der Waals surface area contributed by atoms with Crippen molar-refractivity contribution in [3.05, 3.63) is 52.0 Å². The first-order valence-electron chi connectivity index (χ1n) is 16.8. The van der Waals surface area contributed by atoms with E-state index in [0.717, 1.165) is 24.5 Å². The van der Waals surface area contributed by atoms with Crippen molar-refractivity contribution >= 4 is 40.8 Å². The molecule has 3 fully saturated rings. The summed E-state index contributed by atoms with van der Waals surface area (Å²) in [6.45, 7) is 4.72. The number of phenolic OH excluding ortho intramolecular Hbond substituents is 1. The molecule has 2 aromatic rings. The van der Waals surface area contributed by atoms with Gasteiger partial charge in [-0.2, -0.15) is 13.2 Å². The summed E-state index contributed by atoms with van der Waals surface area (Å²) >= 11 is 6.12. The second-order valence-corrected chi connectivity index (χ2v) is 13.8. The number of fused-ring (bicyclic) bond motifs is 1. The number of halogens is 4. The van der Waals surface area contributed by atoms with Crippen LogP contribution in [0.15, 0.2) is 30.3 Å². The summed E-state index contributed by atoms with van der Waals surface area (Å²) in [6.07, 6.45) is -2.13. The minimum atomic E-state index is -4.74. The van der Waals surface area contributed by atoms with E-state index in [0.29, 0.717) is 83.6 Å². The molecule has 0 aromatic heterocycles. The maximum atomic E-state index is 14.0. The topological polar surface area (TPSA) is 132 Å². The van der Waals surface area contributed by atoms with Crippen LogP contribution >= 0.6 is 11.6 Å². The summed E-state index contributed by atoms with van der Waals surface area (Å²) in [6, 6.07) is 7.06. The highest BCUT2D eigenvalue weighted by molar-refractivity contribution is 6.33. The molecule has 4 amide bonds. The molecular weight excluding hydrogens is 665 g/mol. The number of nitrogens with two attached hydrogens (primary N) is 1. The molecule has 1 atom stereocenters. The number of alkyl halides is 3. The van der Waals surface area contributed by atoms with Gasteiger partial charge in [-0.05, 0) is 73.6 Å². The highest BCUT2D eigenvalue weighted by Gasteiger charge is 2.38. The van der Waals surface area contributed by atoms with Crippen LogP contribution in [-0.2, 0) is 33.5 Å². The predicted octanol–water partition coefficient (Wildman–Crippen LogP) is 4.56. The first-order chi connectivity index (χ1) is 23.4. The molecule has 0 spiro atoms. The third-order valence-electron chi connectivity index (χ3n) is 10.3. The summed E-state index contributed by atoms with van der Waals surface area (Å²) in [7, 11) is 0. The van der Waals surface area contributed by atoms with Crippen molar-refractivity contribution in [1.82, 2.24) is 19.6 Å². The number of nitrogens with zero attached hydrogens (tertiary/aromatic N) is 4. The molecular formula is C34H42ClF3N6O5. The molecule has 0 bridgehead atoms. The number of ether oxygens (including phenoxy) is 1. The Morgan fingerprint density at radius 3 is 2.35 bits per heavy atom. The molecule has 0 saturated carbocycles. The van der Waals surface area contributed by atoms with Gasteiger partial charge in [0.15, 0.2) is 0 Å². The third-order valence-corrected chi connectivity index (χ3v) is 10.6. The SMILES string of the molecule is Nc1c(Cl)cc(CC(CC(=O)N2CCC(N3Cc4cc(O)ccc4NC3=O)CC2)C(=O)N2CCN(C3CCOCC3)CC2)cc1C(F)(F)F. The van der Waals surface area contributed by atoms with Crippen molar-refractivity contribution in [1.29, 1.82) is 0 Å². The van der Waals surface area contributed by atoms with Crippen LogP contribution in [0, 0.1) is 5.92 Å². The zero-order chi connectivity index (χ0) is 34.9. The molecule has 0 radical (unpaired) electrons. The smallest absolute Gasteiger partial charge is 0.418 e. The van der Waals surface area contributed by atoms with Crippen LogP contribution < -0.4 is 11.1 Å². The van der Waals surface area contributed by atoms with Gasteiger partial charge in [0.2, 0.25) is 11.8 Å². The monoisotopic (exact) mass is 706 g/mol. The van der Waals surface area contributed by atoms with Gasteiger partial charge in [-0.25, -0.2) is 4.79 Å². The normalized spacial score (nSPS) is 20.6. The van der Waals surface area contributed by atoms with E-state index in [4.69, 9.17) is 22.1 Å². The van der Waals surface area contributed by atoms with Crippen LogP contribution in [0.5, 0.6) is 5.75 Å². The van der Waals surface area contributed by atoms with Crippen LogP contribution in [-0.4, -0.2) is 107 Å². The van der Waals surface area contributed by atoms with Crippen molar-refractivity contribution in [2.24, 2.45) is 5.92 Å². The van der Waals surface area contributed by atoms with Gasteiger partial charge in [0, 0.05) is 83.2 Å². The Hall–Kier alpha value is -3.75. The Morgan fingerprint density at radius 1 is 0.980 bits per heavy atom. The molecule has 4 N–H and O–H groups in total. The van der Waals surface area contributed by atoms with Crippen LogP contribution in [0.25, 0.3) is 0 Å². The van der Waals surface area contributed by atoms with Crippen LogP contribution in [0.4, 0.5) is 29.3 Å². The third kappa shape index (κ3) is 8.02. The van der Waals surface area contributed by atoms with Crippen molar-refractivity contribution in [2.45, 2.75) is 63.3 Å². The summed E-state index contributed by atoms with van der Waals surface area (Å²) in [4.78, 5) is 48.1. The molecule has 4 aliphatic heterocycles. The van der Waals surface area contributed by atoms with Gasteiger partial charge < -0.3 is 35.6 Å². The van der Waals surface area contributed by atoms with Gasteiger partial charge in [-0.1, -0.05) is 11.6 Å². The van der Waals surface area contributed by atoms with E-state index >= 15 is 0 Å². The summed E-state index contributed by atoms with van der Waals surface area (Å²) in [5.74, 6) is -1.34. The number of phenols is 1. The lowest BCUT2D eigenvalue weighted by molar-refractivity contribution is -0.143. The molecule has 1 unspecified atom stereocenters. The van der Waals surface area contributed by atoms with Gasteiger partial charge in [0.05, 0.1) is 22.2 Å². The second-order valence-electron chi connectivity index (χ2n) is 13.4. The number of amides is 4. The number of carbonyl (C=O) groups is 3. The molecule has 15 heteroatoms. The van der Waals surface area contributed by atoms with Crippen molar-refractivity contribution in [2.75, 3.05) is 63.5 Å². The van der Waals surface area contributed by atoms with Crippen molar-refractivity contribution in [3.8, 4) is 5.75 Å². The largest absolute Gasteiger partial charge is 0.508 e. The van der Waals surface area contributed by atoms with Gasteiger partial charge in [-0.15, -0.1) is 0 Å². The number of hydrogen-bond acceptors (Lipinski definition) is 7. The van der Waals surface area contributed by atoms with Crippen molar-refractivity contribution in [3.63, 3.8) is 0 Å². The standard InChI is InChI=1S/C34H42ClF3N6O5/c35-28-17-21(16-27(31(28)39)34(36,37)38)15-22(32(47)43-11-9-41(10-12-43)24-5-13-49-14-6-24)19-30(46)42-7-3-25(4-8-42)44-20-23-18-26(45)1-2-29(23)40-33(44)48/h1-2,16-18,22,24-25,45H,3-15,19-20,39H2,(H,40,48). The molecule has 11 nitrogen and oxygen atoms in total. The van der Waals surface area contributed by atoms with Crippen molar-refractivity contribution < 1.29 is 37.4 Å². The number of likely N-dealkylation sites (tertiary alicyclic amines) is 1. The van der Waals surface area contributed by atoms with Crippen LogP contribution in [0.3, 0.4) is 0 Å². The molecule has 6 rings (SSSR count). The number of piperidine rings is 1. The van der Waals surface area contributed by atoms with Gasteiger partial charge in [0.1, 0.15) is 5.75 Å². The fraction of sp³-hybridized carbons (Fsp3) is 0.559. The highest BCUT2D eigenvalue weighted by Crippen LogP contribution is 2.39. The van der Waals surface area contributed by atoms with E-state index in [9.17, 15) is 32.7 Å². The molecule has 3 saturated heterocycles. The van der Waals surface area contributed by atoms with E-state index in [1.54, 1.807) is 26.8 Å². The first-order valence-corrected chi connectivity index (χ1v) is 17.2. The Balaban J connectivity index is 1.13. The number of rotatable bonds is 7. The van der Waals surface area contributed by atoms with E-state index < -0.39 is 23.3 Å². The number of carbonyl (C=O) groups excluding carboxylic acids is 3. The lowest BCUT2D eigenvalue weighted by Gasteiger charge is -2.42. The zero-order valence-corrected chi connectivity index (χ0v) is 27.9. The van der Waals surface area contributed by atoms with Gasteiger partial charge in [0.25, 0.3) is 0 Å². The molecule has 2 aromatic carbocycles. The van der Waals surface area contributed by atoms with E-state index in [1.807, 2.05) is 0 Å². The minimum Gasteiger partial charge on any atom is -0.508 e.